The fourth-order valence-corrected chi connectivity index (χ4v) is 2.70. The van der Waals surface area contributed by atoms with Crippen molar-refractivity contribution in [2.24, 2.45) is 0 Å². The highest BCUT2D eigenvalue weighted by molar-refractivity contribution is 5.90. The van der Waals surface area contributed by atoms with Crippen molar-refractivity contribution in [2.75, 3.05) is 0 Å². The minimum atomic E-state index is -0.766. The molecule has 0 fully saturated rings. The van der Waals surface area contributed by atoms with Crippen molar-refractivity contribution in [3.05, 3.63) is 96.1 Å². The lowest BCUT2D eigenvalue weighted by Gasteiger charge is -2.11. The van der Waals surface area contributed by atoms with Gasteiger partial charge in [0.25, 0.3) is 5.89 Å². The molecule has 0 saturated carbocycles. The molecule has 6 nitrogen and oxygen atoms in total. The topological polar surface area (TPSA) is 74.5 Å². The van der Waals surface area contributed by atoms with Crippen LogP contribution in [0.4, 0.5) is 4.39 Å². The fourth-order valence-electron chi connectivity index (χ4n) is 2.70. The highest BCUT2D eigenvalue weighted by Gasteiger charge is 2.20. The van der Waals surface area contributed by atoms with Crippen molar-refractivity contribution in [3.63, 3.8) is 0 Å². The molecule has 0 aliphatic heterocycles. The van der Waals surface area contributed by atoms with Gasteiger partial charge in [-0.25, -0.2) is 9.18 Å². The van der Waals surface area contributed by atoms with E-state index in [0.29, 0.717) is 22.6 Å². The Morgan fingerprint density at radius 3 is 2.43 bits per heavy atom. The van der Waals surface area contributed by atoms with E-state index in [-0.39, 0.29) is 17.6 Å². The van der Waals surface area contributed by atoms with E-state index in [0.717, 1.165) is 0 Å². The molecular weight excluding hydrogens is 387 g/mol. The first-order valence-electron chi connectivity index (χ1n) is 9.22. The van der Waals surface area contributed by atoms with Gasteiger partial charge in [0.15, 0.2) is 6.10 Å². The summed E-state index contributed by atoms with van der Waals surface area (Å²) < 4.78 is 29.8. The predicted octanol–water partition coefficient (Wildman–Crippen LogP) is 5.59. The van der Waals surface area contributed by atoms with Crippen LogP contribution in [0.25, 0.3) is 11.5 Å². The fraction of sp³-hybridized carbons (Fsp3) is 0.0870. The van der Waals surface area contributed by atoms with Crippen LogP contribution in [0.1, 0.15) is 29.3 Å². The number of carbonyl (C=O) groups excluding carboxylic acids is 1. The molecule has 0 amide bonds. The van der Waals surface area contributed by atoms with Gasteiger partial charge >= 0.3 is 5.97 Å². The number of carbonyl (C=O) groups is 1. The molecule has 0 saturated heterocycles. The van der Waals surface area contributed by atoms with Crippen molar-refractivity contribution in [3.8, 4) is 23.0 Å². The Morgan fingerprint density at radius 1 is 0.933 bits per heavy atom. The number of para-hydroxylation sites is 1. The summed E-state index contributed by atoms with van der Waals surface area (Å²) in [5, 5.41) is 7.85. The maximum absolute atomic E-state index is 13.1. The second kappa shape index (κ2) is 8.57. The van der Waals surface area contributed by atoms with E-state index in [2.05, 4.69) is 10.2 Å². The van der Waals surface area contributed by atoms with Crippen molar-refractivity contribution in [1.29, 1.82) is 0 Å². The van der Waals surface area contributed by atoms with Crippen LogP contribution in [-0.2, 0) is 4.74 Å². The number of rotatable bonds is 6. The summed E-state index contributed by atoms with van der Waals surface area (Å²) >= 11 is 0. The van der Waals surface area contributed by atoms with E-state index >= 15 is 0 Å². The summed E-state index contributed by atoms with van der Waals surface area (Å²) in [5.41, 5.74) is 0.896. The normalized spacial score (nSPS) is 11.7. The maximum Gasteiger partial charge on any atom is 0.339 e. The van der Waals surface area contributed by atoms with Crippen LogP contribution in [0.2, 0.25) is 0 Å². The SMILES string of the molecule is C[C@@H](OC(=O)c1cccc(Oc2ccccc2)c1)c1nnc(-c2ccc(F)cc2)o1. The van der Waals surface area contributed by atoms with E-state index < -0.39 is 12.1 Å². The molecule has 3 aromatic carbocycles. The highest BCUT2D eigenvalue weighted by Crippen LogP contribution is 2.25. The van der Waals surface area contributed by atoms with Crippen LogP contribution in [0.3, 0.4) is 0 Å². The lowest BCUT2D eigenvalue weighted by atomic mass is 10.2. The molecule has 7 heteroatoms. The number of hydrogen-bond acceptors (Lipinski definition) is 6. The van der Waals surface area contributed by atoms with Gasteiger partial charge in [-0.1, -0.05) is 24.3 Å². The summed E-state index contributed by atoms with van der Waals surface area (Å²) in [6, 6.07) is 21.6. The summed E-state index contributed by atoms with van der Waals surface area (Å²) in [5.74, 6) is 0.614. The van der Waals surface area contributed by atoms with E-state index in [9.17, 15) is 9.18 Å². The highest BCUT2D eigenvalue weighted by atomic mass is 19.1. The monoisotopic (exact) mass is 404 g/mol. The Morgan fingerprint density at radius 2 is 1.67 bits per heavy atom. The lowest BCUT2D eigenvalue weighted by Crippen LogP contribution is -2.09. The molecule has 0 aliphatic carbocycles. The van der Waals surface area contributed by atoms with Crippen LogP contribution < -0.4 is 4.74 Å². The zero-order valence-corrected chi connectivity index (χ0v) is 16.0. The minimum absolute atomic E-state index is 0.138. The average molecular weight is 404 g/mol. The number of aromatic nitrogens is 2. The third-order valence-electron chi connectivity index (χ3n) is 4.21. The number of halogens is 1. The van der Waals surface area contributed by atoms with Crippen molar-refractivity contribution in [1.82, 2.24) is 10.2 Å². The molecule has 1 aromatic heterocycles. The van der Waals surface area contributed by atoms with Crippen LogP contribution in [0, 0.1) is 5.82 Å². The number of hydrogen-bond donors (Lipinski definition) is 0. The van der Waals surface area contributed by atoms with E-state index in [1.165, 1.54) is 24.3 Å². The van der Waals surface area contributed by atoms with E-state index in [1.54, 1.807) is 31.2 Å². The zero-order valence-electron chi connectivity index (χ0n) is 16.0. The predicted molar refractivity (Wildman–Crippen MR) is 106 cm³/mol. The smallest absolute Gasteiger partial charge is 0.339 e. The van der Waals surface area contributed by atoms with Crippen LogP contribution in [0.5, 0.6) is 11.5 Å². The molecule has 0 aliphatic rings. The Hall–Kier alpha value is -4.00. The first-order chi connectivity index (χ1) is 14.6. The molecule has 0 unspecified atom stereocenters. The zero-order chi connectivity index (χ0) is 20.9. The Balaban J connectivity index is 1.44. The third kappa shape index (κ3) is 4.52. The largest absolute Gasteiger partial charge is 0.457 e. The summed E-state index contributed by atoms with van der Waals surface area (Å²) in [6.45, 7) is 1.63. The number of nitrogens with zero attached hydrogens (tertiary/aromatic N) is 2. The number of benzene rings is 3. The van der Waals surface area contributed by atoms with Crippen molar-refractivity contribution >= 4 is 5.97 Å². The molecule has 4 rings (SSSR count). The Labute approximate surface area is 171 Å². The molecule has 1 atom stereocenters. The van der Waals surface area contributed by atoms with Crippen molar-refractivity contribution < 1.29 is 23.1 Å². The first-order valence-corrected chi connectivity index (χ1v) is 9.22. The molecule has 0 N–H and O–H groups in total. The van der Waals surface area contributed by atoms with Gasteiger partial charge in [-0.15, -0.1) is 10.2 Å². The molecule has 30 heavy (non-hydrogen) atoms. The van der Waals surface area contributed by atoms with Crippen LogP contribution in [-0.4, -0.2) is 16.2 Å². The van der Waals surface area contributed by atoms with E-state index in [4.69, 9.17) is 13.9 Å². The molecule has 4 aromatic rings. The Bertz CT molecular complexity index is 1140. The number of esters is 1. The average Bonchev–Trinajstić information content (AvgIpc) is 3.26. The van der Waals surface area contributed by atoms with Gasteiger partial charge in [0.2, 0.25) is 5.89 Å². The molecule has 150 valence electrons. The first kappa shape index (κ1) is 19.3. The summed E-state index contributed by atoms with van der Waals surface area (Å²) in [6.07, 6.45) is -0.766. The molecule has 0 bridgehead atoms. The van der Waals surface area contributed by atoms with Crippen molar-refractivity contribution in [2.45, 2.75) is 13.0 Å². The van der Waals surface area contributed by atoms with Gasteiger partial charge < -0.3 is 13.9 Å². The number of ether oxygens (including phenoxy) is 2. The summed E-state index contributed by atoms with van der Waals surface area (Å²) in [7, 11) is 0. The summed E-state index contributed by atoms with van der Waals surface area (Å²) in [4.78, 5) is 12.5. The third-order valence-corrected chi connectivity index (χ3v) is 4.21. The van der Waals surface area contributed by atoms with Gasteiger partial charge in [-0.3, -0.25) is 0 Å². The second-order valence-electron chi connectivity index (χ2n) is 6.44. The van der Waals surface area contributed by atoms with Gasteiger partial charge in [0.1, 0.15) is 17.3 Å². The minimum Gasteiger partial charge on any atom is -0.457 e. The van der Waals surface area contributed by atoms with Crippen LogP contribution in [0.15, 0.2) is 83.3 Å². The van der Waals surface area contributed by atoms with Crippen LogP contribution >= 0.6 is 0 Å². The standard InChI is InChI=1S/C23H17FN2O4/c1-15(21-25-26-22(30-21)16-10-12-18(24)13-11-16)28-23(27)17-6-5-9-20(14-17)29-19-7-3-2-4-8-19/h2-15H,1H3/t15-/m1/s1. The molecular formula is C23H17FN2O4. The second-order valence-corrected chi connectivity index (χ2v) is 6.44. The molecule has 0 radical (unpaired) electrons. The van der Waals surface area contributed by atoms with Gasteiger partial charge in [-0.05, 0) is 61.5 Å². The Kier molecular flexibility index (Phi) is 5.52. The van der Waals surface area contributed by atoms with E-state index in [1.807, 2.05) is 30.3 Å². The molecule has 0 spiro atoms. The van der Waals surface area contributed by atoms with Gasteiger partial charge in [0.05, 0.1) is 5.56 Å². The lowest BCUT2D eigenvalue weighted by molar-refractivity contribution is 0.0279. The van der Waals surface area contributed by atoms with Gasteiger partial charge in [-0.2, -0.15) is 0 Å². The van der Waals surface area contributed by atoms with Gasteiger partial charge in [0, 0.05) is 5.56 Å². The maximum atomic E-state index is 13.1. The molecule has 1 heterocycles. The quantitative estimate of drug-likeness (QED) is 0.390.